The Morgan fingerprint density at radius 2 is 1.62 bits per heavy atom. The van der Waals surface area contributed by atoms with Gasteiger partial charge in [0.25, 0.3) is 0 Å². The van der Waals surface area contributed by atoms with Crippen molar-refractivity contribution in [2.75, 3.05) is 38.2 Å². The molecule has 178 valence electrons. The van der Waals surface area contributed by atoms with Crippen LogP contribution >= 0.6 is 0 Å². The van der Waals surface area contributed by atoms with E-state index in [1.807, 2.05) is 25.7 Å². The van der Waals surface area contributed by atoms with Crippen LogP contribution in [0.2, 0.25) is 0 Å². The number of ether oxygens (including phenoxy) is 2. The van der Waals surface area contributed by atoms with E-state index in [4.69, 9.17) is 19.4 Å². The maximum Gasteiger partial charge on any atom is 0.410 e. The Balaban J connectivity index is 1.69. The first-order valence-electron chi connectivity index (χ1n) is 11.0. The summed E-state index contributed by atoms with van der Waals surface area (Å²) in [4.78, 5) is 37.8. The molecule has 1 aliphatic heterocycles. The van der Waals surface area contributed by atoms with Crippen LogP contribution in [0.25, 0.3) is 22.3 Å². The first kappa shape index (κ1) is 23.4. The zero-order valence-corrected chi connectivity index (χ0v) is 19.7. The fourth-order valence-corrected chi connectivity index (χ4v) is 3.74. The number of halogens is 1. The fraction of sp³-hybridized carbons (Fsp3) is 0.360. The Morgan fingerprint density at radius 1 is 0.941 bits per heavy atom. The van der Waals surface area contributed by atoms with E-state index in [0.29, 0.717) is 54.3 Å². The molecule has 1 amide bonds. The van der Waals surface area contributed by atoms with E-state index >= 15 is 0 Å². The molecule has 0 bridgehead atoms. The molecule has 9 heteroatoms. The lowest BCUT2D eigenvalue weighted by Gasteiger charge is -2.36. The number of amides is 1. The molecule has 1 saturated heterocycles. The number of fused-ring (bicyclic) bond motifs is 1. The number of hydrogen-bond donors (Lipinski definition) is 0. The third-order valence-electron chi connectivity index (χ3n) is 5.42. The van der Waals surface area contributed by atoms with Crippen molar-refractivity contribution < 1.29 is 23.5 Å². The molecular weight excluding hydrogens is 439 g/mol. The standard InChI is InChI=1S/C25H27FN4O4/c1-25(2,3)34-24(32)30-13-11-29(12-14-30)22-21(16-5-8-18(26)9-6-16)27-19-10-7-17(23(31)33-4)15-20(19)28-22/h5-10,15H,11-14H2,1-4H3. The average Bonchev–Trinajstić information content (AvgIpc) is 2.82. The van der Waals surface area contributed by atoms with Crippen LogP contribution in [0.5, 0.6) is 0 Å². The number of carbonyl (C=O) groups excluding carboxylic acids is 2. The zero-order valence-electron chi connectivity index (χ0n) is 19.7. The summed E-state index contributed by atoms with van der Waals surface area (Å²) in [6.45, 7) is 7.46. The number of hydrogen-bond acceptors (Lipinski definition) is 7. The average molecular weight is 467 g/mol. The third kappa shape index (κ3) is 5.08. The van der Waals surface area contributed by atoms with Gasteiger partial charge >= 0.3 is 12.1 Å². The molecule has 1 fully saturated rings. The summed E-state index contributed by atoms with van der Waals surface area (Å²) in [5, 5.41) is 0. The highest BCUT2D eigenvalue weighted by Gasteiger charge is 2.28. The van der Waals surface area contributed by atoms with Crippen LogP contribution in [0.1, 0.15) is 31.1 Å². The van der Waals surface area contributed by atoms with Crippen LogP contribution < -0.4 is 4.90 Å². The van der Waals surface area contributed by atoms with Gasteiger partial charge in [0.1, 0.15) is 17.1 Å². The van der Waals surface area contributed by atoms with Crippen molar-refractivity contribution in [3.8, 4) is 11.3 Å². The molecule has 1 aromatic heterocycles. The molecule has 0 aliphatic carbocycles. The van der Waals surface area contributed by atoms with Crippen LogP contribution in [0, 0.1) is 5.82 Å². The molecule has 8 nitrogen and oxygen atoms in total. The second-order valence-electron chi connectivity index (χ2n) is 9.05. The van der Waals surface area contributed by atoms with Crippen molar-refractivity contribution in [3.05, 3.63) is 53.8 Å². The Bertz CT molecular complexity index is 1220. The minimum atomic E-state index is -0.564. The van der Waals surface area contributed by atoms with Gasteiger partial charge in [-0.15, -0.1) is 0 Å². The Morgan fingerprint density at radius 3 is 2.24 bits per heavy atom. The lowest BCUT2D eigenvalue weighted by Crippen LogP contribution is -2.50. The van der Waals surface area contributed by atoms with Crippen molar-refractivity contribution in [2.45, 2.75) is 26.4 Å². The lowest BCUT2D eigenvalue weighted by molar-refractivity contribution is 0.0240. The second-order valence-corrected chi connectivity index (χ2v) is 9.05. The zero-order chi connectivity index (χ0) is 24.5. The summed E-state index contributed by atoms with van der Waals surface area (Å²) in [5.74, 6) is -0.198. The van der Waals surface area contributed by atoms with Crippen molar-refractivity contribution in [3.63, 3.8) is 0 Å². The molecule has 0 atom stereocenters. The fourth-order valence-electron chi connectivity index (χ4n) is 3.74. The monoisotopic (exact) mass is 466 g/mol. The molecule has 34 heavy (non-hydrogen) atoms. The molecule has 0 saturated carbocycles. The van der Waals surface area contributed by atoms with Gasteiger partial charge in [0.2, 0.25) is 0 Å². The molecule has 2 aromatic carbocycles. The van der Waals surface area contributed by atoms with Crippen LogP contribution in [0.15, 0.2) is 42.5 Å². The van der Waals surface area contributed by atoms with E-state index in [0.717, 1.165) is 5.56 Å². The summed E-state index contributed by atoms with van der Waals surface area (Å²) in [7, 11) is 1.32. The molecule has 0 spiro atoms. The maximum atomic E-state index is 13.6. The maximum absolute atomic E-state index is 13.6. The Kier molecular flexibility index (Phi) is 6.37. The number of esters is 1. The molecule has 4 rings (SSSR count). The minimum absolute atomic E-state index is 0.340. The summed E-state index contributed by atoms with van der Waals surface area (Å²) in [6, 6.07) is 11.1. The molecule has 0 N–H and O–H groups in total. The van der Waals surface area contributed by atoms with Crippen LogP contribution in [-0.2, 0) is 9.47 Å². The summed E-state index contributed by atoms with van der Waals surface area (Å²) < 4.78 is 23.9. The molecule has 3 aromatic rings. The van der Waals surface area contributed by atoms with E-state index in [1.165, 1.54) is 19.2 Å². The number of anilines is 1. The predicted octanol–water partition coefficient (Wildman–Crippen LogP) is 4.28. The van der Waals surface area contributed by atoms with Crippen LogP contribution in [-0.4, -0.2) is 65.8 Å². The number of piperazine rings is 1. The van der Waals surface area contributed by atoms with E-state index < -0.39 is 11.6 Å². The number of carbonyl (C=O) groups is 2. The van der Waals surface area contributed by atoms with Gasteiger partial charge in [-0.1, -0.05) is 0 Å². The smallest absolute Gasteiger partial charge is 0.410 e. The van der Waals surface area contributed by atoms with Gasteiger partial charge in [0.15, 0.2) is 5.82 Å². The topological polar surface area (TPSA) is 84.9 Å². The van der Waals surface area contributed by atoms with Crippen molar-refractivity contribution in [1.82, 2.24) is 14.9 Å². The van der Waals surface area contributed by atoms with Gasteiger partial charge in [-0.25, -0.2) is 23.9 Å². The molecule has 0 unspecified atom stereocenters. The number of aromatic nitrogens is 2. The highest BCUT2D eigenvalue weighted by Crippen LogP contribution is 2.31. The van der Waals surface area contributed by atoms with Gasteiger partial charge in [-0.3, -0.25) is 0 Å². The quantitative estimate of drug-likeness (QED) is 0.533. The largest absolute Gasteiger partial charge is 0.465 e. The van der Waals surface area contributed by atoms with Gasteiger partial charge < -0.3 is 19.3 Å². The predicted molar refractivity (Wildman–Crippen MR) is 126 cm³/mol. The number of benzene rings is 2. The van der Waals surface area contributed by atoms with Gasteiger partial charge in [0.05, 0.1) is 23.7 Å². The Labute approximate surface area is 197 Å². The summed E-state index contributed by atoms with van der Waals surface area (Å²) in [6.07, 6.45) is -0.349. The van der Waals surface area contributed by atoms with Gasteiger partial charge in [0, 0.05) is 31.7 Å². The van der Waals surface area contributed by atoms with E-state index in [2.05, 4.69) is 0 Å². The van der Waals surface area contributed by atoms with E-state index in [1.54, 1.807) is 35.2 Å². The van der Waals surface area contributed by atoms with Crippen LogP contribution in [0.3, 0.4) is 0 Å². The normalized spacial score (nSPS) is 14.3. The highest BCUT2D eigenvalue weighted by atomic mass is 19.1. The minimum Gasteiger partial charge on any atom is -0.465 e. The van der Waals surface area contributed by atoms with Crippen molar-refractivity contribution in [1.29, 1.82) is 0 Å². The van der Waals surface area contributed by atoms with Gasteiger partial charge in [-0.05, 0) is 63.2 Å². The third-order valence-corrected chi connectivity index (χ3v) is 5.42. The van der Waals surface area contributed by atoms with Gasteiger partial charge in [-0.2, -0.15) is 0 Å². The summed E-state index contributed by atoms with van der Waals surface area (Å²) in [5.41, 5.74) is 2.27. The Hall–Kier alpha value is -3.75. The first-order chi connectivity index (χ1) is 16.1. The molecule has 1 aliphatic rings. The number of nitrogens with zero attached hydrogens (tertiary/aromatic N) is 4. The first-order valence-corrected chi connectivity index (χ1v) is 11.0. The van der Waals surface area contributed by atoms with Crippen LogP contribution in [0.4, 0.5) is 15.0 Å². The number of methoxy groups -OCH3 is 1. The van der Waals surface area contributed by atoms with Crippen molar-refractivity contribution >= 4 is 28.9 Å². The molecule has 0 radical (unpaired) electrons. The van der Waals surface area contributed by atoms with Crippen molar-refractivity contribution in [2.24, 2.45) is 0 Å². The number of rotatable bonds is 3. The summed E-state index contributed by atoms with van der Waals surface area (Å²) >= 11 is 0. The SMILES string of the molecule is COC(=O)c1ccc2nc(-c3ccc(F)cc3)c(N3CCN(C(=O)OC(C)(C)C)CC3)nc2c1. The lowest BCUT2D eigenvalue weighted by atomic mass is 10.1. The van der Waals surface area contributed by atoms with E-state index in [-0.39, 0.29) is 11.9 Å². The second kappa shape index (κ2) is 9.24. The molecule has 2 heterocycles. The van der Waals surface area contributed by atoms with E-state index in [9.17, 15) is 14.0 Å². The molecular formula is C25H27FN4O4. The highest BCUT2D eigenvalue weighted by molar-refractivity contribution is 5.94.